The molecule has 0 aromatic rings. The number of alkyl carbamates (subject to hydrolysis) is 1. The van der Waals surface area contributed by atoms with E-state index < -0.39 is 0 Å². The second-order valence-corrected chi connectivity index (χ2v) is 3.25. The van der Waals surface area contributed by atoms with Gasteiger partial charge < -0.3 is 20.1 Å². The van der Waals surface area contributed by atoms with Crippen LogP contribution in [0.25, 0.3) is 0 Å². The number of carbonyl (C=O) groups excluding carboxylic acids is 1. The molecule has 1 rings (SSSR count). The summed E-state index contributed by atoms with van der Waals surface area (Å²) in [4.78, 5) is 10.7. The molecule has 0 saturated carbocycles. The molecule has 15 heavy (non-hydrogen) atoms. The van der Waals surface area contributed by atoms with Crippen molar-refractivity contribution in [3.8, 4) is 0 Å². The van der Waals surface area contributed by atoms with Gasteiger partial charge in [-0.15, -0.1) is 0 Å². The Hall–Kier alpha value is -1.65. The van der Waals surface area contributed by atoms with Crippen LogP contribution in [0.4, 0.5) is 4.79 Å². The third-order valence-electron chi connectivity index (χ3n) is 1.94. The summed E-state index contributed by atoms with van der Waals surface area (Å²) in [6.07, 6.45) is 1.19. The molecule has 5 heteroatoms. The van der Waals surface area contributed by atoms with Gasteiger partial charge in [0.25, 0.3) is 0 Å². The Kier molecular flexibility index (Phi) is 4.03. The summed E-state index contributed by atoms with van der Waals surface area (Å²) in [5.74, 6) is 0.734. The fourth-order valence-corrected chi connectivity index (χ4v) is 1.11. The molecule has 1 saturated heterocycles. The van der Waals surface area contributed by atoms with Crippen molar-refractivity contribution in [2.75, 3.05) is 20.2 Å². The number of hydrogen-bond acceptors (Lipinski definition) is 4. The number of cyclic esters (lactones) is 1. The zero-order valence-corrected chi connectivity index (χ0v) is 9.00. The minimum Gasteiger partial charge on any atom is -0.494 e. The normalized spacial score (nSPS) is 20.5. The van der Waals surface area contributed by atoms with E-state index in [9.17, 15) is 4.79 Å². The average Bonchev–Trinajstić information content (AvgIpc) is 2.61. The van der Waals surface area contributed by atoms with E-state index in [1.54, 1.807) is 13.1 Å². The Bertz CT molecular complexity index is 286. The van der Waals surface area contributed by atoms with Crippen LogP contribution < -0.4 is 10.6 Å². The molecular formula is C10H16N2O3. The van der Waals surface area contributed by atoms with Gasteiger partial charge in [-0.3, -0.25) is 0 Å². The number of ether oxygens (including phenoxy) is 2. The third-order valence-corrected chi connectivity index (χ3v) is 1.94. The first-order valence-electron chi connectivity index (χ1n) is 4.74. The molecule has 0 spiro atoms. The molecule has 1 aliphatic rings. The minimum atomic E-state index is -0.384. The zero-order valence-electron chi connectivity index (χ0n) is 9.00. The second kappa shape index (κ2) is 5.29. The number of likely N-dealkylation sites (N-methyl/N-ethyl adjacent to an activating group) is 1. The first kappa shape index (κ1) is 11.4. The highest BCUT2D eigenvalue weighted by Gasteiger charge is 2.22. The quantitative estimate of drug-likeness (QED) is 0.521. The first-order valence-corrected chi connectivity index (χ1v) is 4.74. The van der Waals surface area contributed by atoms with Crippen molar-refractivity contribution in [3.05, 3.63) is 24.1 Å². The van der Waals surface area contributed by atoms with Crippen LogP contribution in [-0.2, 0) is 9.47 Å². The van der Waals surface area contributed by atoms with Crippen LogP contribution in [-0.4, -0.2) is 32.4 Å². The summed E-state index contributed by atoms with van der Waals surface area (Å²) in [6, 6.07) is 0. The largest absolute Gasteiger partial charge is 0.494 e. The topological polar surface area (TPSA) is 59.6 Å². The van der Waals surface area contributed by atoms with E-state index in [0.29, 0.717) is 13.2 Å². The molecule has 5 nitrogen and oxygen atoms in total. The lowest BCUT2D eigenvalue weighted by atomic mass is 10.3. The SMILES string of the molecule is C=C(/C=C(\C)OCC1CNC(=O)O1)NC. The minimum absolute atomic E-state index is 0.205. The van der Waals surface area contributed by atoms with Crippen LogP contribution in [0.1, 0.15) is 6.92 Å². The van der Waals surface area contributed by atoms with Gasteiger partial charge in [0, 0.05) is 12.7 Å². The van der Waals surface area contributed by atoms with Gasteiger partial charge in [0.1, 0.15) is 6.61 Å². The van der Waals surface area contributed by atoms with Gasteiger partial charge in [0.2, 0.25) is 0 Å². The summed E-state index contributed by atoms with van der Waals surface area (Å²) >= 11 is 0. The smallest absolute Gasteiger partial charge is 0.407 e. The summed E-state index contributed by atoms with van der Waals surface area (Å²) in [7, 11) is 1.79. The summed E-state index contributed by atoms with van der Waals surface area (Å²) in [5, 5.41) is 5.44. The van der Waals surface area contributed by atoms with Crippen LogP contribution in [0.3, 0.4) is 0 Å². The molecule has 1 heterocycles. The Labute approximate surface area is 89.1 Å². The van der Waals surface area contributed by atoms with Crippen molar-refractivity contribution in [1.29, 1.82) is 0 Å². The molecule has 1 unspecified atom stereocenters. The maximum absolute atomic E-state index is 10.7. The molecule has 1 atom stereocenters. The maximum Gasteiger partial charge on any atom is 0.407 e. The zero-order chi connectivity index (χ0) is 11.3. The highest BCUT2D eigenvalue weighted by atomic mass is 16.6. The van der Waals surface area contributed by atoms with Crippen LogP contribution in [0.15, 0.2) is 24.1 Å². The third kappa shape index (κ3) is 3.93. The van der Waals surface area contributed by atoms with Crippen molar-refractivity contribution in [2.24, 2.45) is 0 Å². The van der Waals surface area contributed by atoms with E-state index in [1.807, 2.05) is 6.92 Å². The number of amides is 1. The van der Waals surface area contributed by atoms with Crippen LogP contribution in [0, 0.1) is 0 Å². The fraction of sp³-hybridized carbons (Fsp3) is 0.500. The first-order chi connectivity index (χ1) is 7.11. The molecule has 0 aliphatic carbocycles. The van der Waals surface area contributed by atoms with Gasteiger partial charge in [-0.1, -0.05) is 6.58 Å². The Morgan fingerprint density at radius 3 is 3.13 bits per heavy atom. The lowest BCUT2D eigenvalue weighted by Gasteiger charge is -2.10. The van der Waals surface area contributed by atoms with E-state index >= 15 is 0 Å². The van der Waals surface area contributed by atoms with Gasteiger partial charge in [0.15, 0.2) is 6.10 Å². The molecule has 1 amide bonds. The van der Waals surface area contributed by atoms with Gasteiger partial charge in [0.05, 0.1) is 12.3 Å². The van der Waals surface area contributed by atoms with E-state index in [0.717, 1.165) is 11.5 Å². The molecule has 0 bridgehead atoms. The molecule has 0 aromatic heterocycles. The fourth-order valence-electron chi connectivity index (χ4n) is 1.11. The summed E-state index contributed by atoms with van der Waals surface area (Å²) in [5.41, 5.74) is 0.772. The van der Waals surface area contributed by atoms with Crippen LogP contribution in [0.2, 0.25) is 0 Å². The van der Waals surface area contributed by atoms with E-state index in [-0.39, 0.29) is 12.2 Å². The Balaban J connectivity index is 2.27. The van der Waals surface area contributed by atoms with Crippen molar-refractivity contribution < 1.29 is 14.3 Å². The Morgan fingerprint density at radius 1 is 1.87 bits per heavy atom. The lowest BCUT2D eigenvalue weighted by molar-refractivity contribution is 0.0779. The lowest BCUT2D eigenvalue weighted by Crippen LogP contribution is -2.19. The summed E-state index contributed by atoms with van der Waals surface area (Å²) in [6.45, 7) is 6.42. The van der Waals surface area contributed by atoms with Crippen LogP contribution >= 0.6 is 0 Å². The molecule has 0 radical (unpaired) electrons. The number of nitrogens with one attached hydrogen (secondary N) is 2. The molecule has 0 aromatic carbocycles. The molecule has 1 fully saturated rings. The predicted octanol–water partition coefficient (Wildman–Crippen LogP) is 0.748. The predicted molar refractivity (Wildman–Crippen MR) is 56.2 cm³/mol. The van der Waals surface area contributed by atoms with Crippen molar-refractivity contribution in [1.82, 2.24) is 10.6 Å². The molecule has 2 N–H and O–H groups in total. The van der Waals surface area contributed by atoms with E-state index in [1.165, 1.54) is 0 Å². The highest BCUT2D eigenvalue weighted by Crippen LogP contribution is 2.05. The highest BCUT2D eigenvalue weighted by molar-refractivity contribution is 5.69. The van der Waals surface area contributed by atoms with Gasteiger partial charge in [-0.05, 0) is 13.0 Å². The van der Waals surface area contributed by atoms with E-state index in [2.05, 4.69) is 17.2 Å². The van der Waals surface area contributed by atoms with Crippen molar-refractivity contribution in [2.45, 2.75) is 13.0 Å². The number of allylic oxidation sites excluding steroid dienone is 2. The Morgan fingerprint density at radius 2 is 2.60 bits per heavy atom. The van der Waals surface area contributed by atoms with Gasteiger partial charge in [-0.2, -0.15) is 0 Å². The number of carbonyl (C=O) groups is 1. The molecule has 1 aliphatic heterocycles. The molecular weight excluding hydrogens is 196 g/mol. The van der Waals surface area contributed by atoms with Gasteiger partial charge in [-0.25, -0.2) is 4.79 Å². The van der Waals surface area contributed by atoms with Crippen molar-refractivity contribution in [3.63, 3.8) is 0 Å². The second-order valence-electron chi connectivity index (χ2n) is 3.25. The maximum atomic E-state index is 10.7. The number of hydrogen-bond donors (Lipinski definition) is 2. The molecule has 84 valence electrons. The van der Waals surface area contributed by atoms with Crippen molar-refractivity contribution >= 4 is 6.09 Å². The average molecular weight is 212 g/mol. The summed E-state index contributed by atoms with van der Waals surface area (Å²) < 4.78 is 10.3. The van der Waals surface area contributed by atoms with E-state index in [4.69, 9.17) is 9.47 Å². The number of rotatable bonds is 5. The monoisotopic (exact) mass is 212 g/mol. The van der Waals surface area contributed by atoms with Crippen LogP contribution in [0.5, 0.6) is 0 Å². The standard InChI is InChI=1S/C10H16N2O3/c1-7(11-3)4-8(2)14-6-9-5-12-10(13)15-9/h4,9,11H,1,5-6H2,2-3H3,(H,12,13)/b8-4+. The van der Waals surface area contributed by atoms with Gasteiger partial charge >= 0.3 is 6.09 Å².